The summed E-state index contributed by atoms with van der Waals surface area (Å²) in [5.41, 5.74) is 6.76. The average molecular weight is 407 g/mol. The molecule has 0 aliphatic carbocycles. The predicted molar refractivity (Wildman–Crippen MR) is 114 cm³/mol. The van der Waals surface area contributed by atoms with Crippen LogP contribution in [-0.4, -0.2) is 36.0 Å². The number of hydroxylamine groups is 2. The molecule has 3 aromatic rings. The van der Waals surface area contributed by atoms with Crippen LogP contribution >= 0.6 is 0 Å². The zero-order valence-corrected chi connectivity index (χ0v) is 17.2. The summed E-state index contributed by atoms with van der Waals surface area (Å²) in [4.78, 5) is 31.3. The minimum absolute atomic E-state index is 0.244. The Balaban J connectivity index is 1.63. The molecule has 156 valence electrons. The molecule has 30 heavy (non-hydrogen) atoms. The van der Waals surface area contributed by atoms with Crippen molar-refractivity contribution in [1.82, 2.24) is 15.9 Å². The van der Waals surface area contributed by atoms with Gasteiger partial charge in [-0.15, -0.1) is 0 Å². The first-order chi connectivity index (χ1) is 14.4. The van der Waals surface area contributed by atoms with Crippen molar-refractivity contribution in [1.29, 1.82) is 0 Å². The van der Waals surface area contributed by atoms with E-state index in [1.165, 1.54) is 29.8 Å². The first-order valence-electron chi connectivity index (χ1n) is 9.55. The molecule has 0 heterocycles. The van der Waals surface area contributed by atoms with E-state index in [4.69, 9.17) is 10.0 Å². The Labute approximate surface area is 175 Å². The smallest absolute Gasteiger partial charge is 0.274 e. The molecule has 2 amide bonds. The number of nitrogens with zero attached hydrogens (tertiary/aromatic N) is 1. The lowest BCUT2D eigenvalue weighted by Gasteiger charge is -2.15. The summed E-state index contributed by atoms with van der Waals surface area (Å²) < 4.78 is 0. The molecule has 1 atom stereocenters. The van der Waals surface area contributed by atoms with Crippen LogP contribution in [0.2, 0.25) is 0 Å². The summed E-state index contributed by atoms with van der Waals surface area (Å²) in [7, 11) is 4.08. The fraction of sp³-hybridized carbons (Fsp3) is 0.217. The van der Waals surface area contributed by atoms with E-state index in [2.05, 4.69) is 34.6 Å². The van der Waals surface area contributed by atoms with Gasteiger partial charge in [0.1, 0.15) is 6.10 Å². The van der Waals surface area contributed by atoms with Crippen LogP contribution in [0.4, 0.5) is 0 Å². The lowest BCUT2D eigenvalue weighted by Crippen LogP contribution is -2.25. The van der Waals surface area contributed by atoms with Crippen LogP contribution in [0.5, 0.6) is 0 Å². The predicted octanol–water partition coefficient (Wildman–Crippen LogP) is 3.44. The van der Waals surface area contributed by atoms with Gasteiger partial charge in [-0.1, -0.05) is 24.3 Å². The second-order valence-corrected chi connectivity index (χ2v) is 7.39. The van der Waals surface area contributed by atoms with Crippen molar-refractivity contribution >= 4 is 22.6 Å². The third kappa shape index (κ3) is 5.21. The second-order valence-electron chi connectivity index (χ2n) is 7.39. The van der Waals surface area contributed by atoms with Crippen LogP contribution in [0.25, 0.3) is 10.8 Å². The summed E-state index contributed by atoms with van der Waals surface area (Å²) in [5.74, 6) is -1.07. The zero-order valence-electron chi connectivity index (χ0n) is 17.2. The monoisotopic (exact) mass is 407 g/mol. The number of nitrogens with one attached hydrogen (secondary N) is 2. The van der Waals surface area contributed by atoms with Crippen LogP contribution in [0.3, 0.4) is 0 Å². The molecule has 0 aromatic heterocycles. The van der Waals surface area contributed by atoms with E-state index < -0.39 is 11.8 Å². The second kappa shape index (κ2) is 9.49. The highest BCUT2D eigenvalue weighted by atomic mass is 16.7. The molecule has 7 heteroatoms. The van der Waals surface area contributed by atoms with E-state index in [1.54, 1.807) is 5.48 Å². The lowest BCUT2D eigenvalue weighted by molar-refractivity contribution is -0.00885. The zero-order chi connectivity index (χ0) is 21.7. The molecule has 1 unspecified atom stereocenters. The number of hydrogen-bond acceptors (Lipinski definition) is 5. The first-order valence-corrected chi connectivity index (χ1v) is 9.55. The normalized spacial score (nSPS) is 12.0. The maximum atomic E-state index is 12.3. The first kappa shape index (κ1) is 21.4. The number of hydrogen-bond donors (Lipinski definition) is 3. The van der Waals surface area contributed by atoms with Crippen molar-refractivity contribution in [3.63, 3.8) is 0 Å². The summed E-state index contributed by atoms with van der Waals surface area (Å²) in [6.45, 7) is 2.74. The Morgan fingerprint density at radius 1 is 0.933 bits per heavy atom. The average Bonchev–Trinajstić information content (AvgIpc) is 2.76. The minimum atomic E-state index is -0.642. The molecule has 0 aliphatic heterocycles. The van der Waals surface area contributed by atoms with Crippen molar-refractivity contribution in [2.45, 2.75) is 19.6 Å². The van der Waals surface area contributed by atoms with Crippen LogP contribution in [-0.2, 0) is 11.4 Å². The Morgan fingerprint density at radius 2 is 1.53 bits per heavy atom. The Kier molecular flexibility index (Phi) is 6.79. The Hall–Kier alpha value is -3.26. The van der Waals surface area contributed by atoms with Gasteiger partial charge in [-0.05, 0) is 79.3 Å². The highest BCUT2D eigenvalue weighted by molar-refractivity contribution is 5.97. The fourth-order valence-electron chi connectivity index (χ4n) is 3.14. The largest absolute Gasteiger partial charge is 0.305 e. The third-order valence-corrected chi connectivity index (χ3v) is 4.74. The molecular weight excluding hydrogens is 382 g/mol. The van der Waals surface area contributed by atoms with E-state index in [0.717, 1.165) is 22.9 Å². The molecule has 3 aromatic carbocycles. The van der Waals surface area contributed by atoms with Gasteiger partial charge in [0.2, 0.25) is 0 Å². The molecule has 0 saturated heterocycles. The Bertz CT molecular complexity index is 1050. The van der Waals surface area contributed by atoms with Gasteiger partial charge in [-0.3, -0.25) is 19.6 Å². The van der Waals surface area contributed by atoms with Crippen LogP contribution in [0.15, 0.2) is 60.7 Å². The number of benzene rings is 3. The molecule has 3 rings (SSSR count). The van der Waals surface area contributed by atoms with Crippen molar-refractivity contribution in [2.24, 2.45) is 0 Å². The van der Waals surface area contributed by atoms with E-state index in [-0.39, 0.29) is 11.7 Å². The molecule has 7 nitrogen and oxygen atoms in total. The standard InChI is InChI=1S/C23H25N3O4/c1-15(30-25-23(28)18-8-6-17(7-9-18)22(27)24-29)19-10-11-20-12-16(14-26(2)3)4-5-21(20)13-19/h4-13,15,29H,14H2,1-3H3,(H,24,27)(H,25,28). The van der Waals surface area contributed by atoms with Gasteiger partial charge in [0, 0.05) is 17.7 Å². The third-order valence-electron chi connectivity index (χ3n) is 4.74. The van der Waals surface area contributed by atoms with Crippen LogP contribution in [0.1, 0.15) is 44.9 Å². The molecule has 0 aliphatic rings. The van der Waals surface area contributed by atoms with Crippen LogP contribution in [0, 0.1) is 0 Å². The quantitative estimate of drug-likeness (QED) is 0.412. The SMILES string of the molecule is CC(ONC(=O)c1ccc(C(=O)NO)cc1)c1ccc2cc(CN(C)C)ccc2c1. The molecule has 0 radical (unpaired) electrons. The molecule has 0 saturated carbocycles. The van der Waals surface area contributed by atoms with Gasteiger partial charge in [0.15, 0.2) is 0 Å². The van der Waals surface area contributed by atoms with Crippen LogP contribution < -0.4 is 11.0 Å². The van der Waals surface area contributed by atoms with Crippen molar-refractivity contribution in [3.05, 3.63) is 82.9 Å². The maximum Gasteiger partial charge on any atom is 0.274 e. The molecular formula is C23H25N3O4. The van der Waals surface area contributed by atoms with Gasteiger partial charge in [0.05, 0.1) is 0 Å². The highest BCUT2D eigenvalue weighted by Gasteiger charge is 2.12. The topological polar surface area (TPSA) is 90.9 Å². The van der Waals surface area contributed by atoms with Crippen molar-refractivity contribution in [2.75, 3.05) is 14.1 Å². The van der Waals surface area contributed by atoms with E-state index in [0.29, 0.717) is 5.56 Å². The van der Waals surface area contributed by atoms with E-state index in [9.17, 15) is 9.59 Å². The van der Waals surface area contributed by atoms with Gasteiger partial charge in [-0.25, -0.2) is 11.0 Å². The number of fused-ring (bicyclic) bond motifs is 1. The van der Waals surface area contributed by atoms with E-state index in [1.807, 2.05) is 33.2 Å². The molecule has 0 bridgehead atoms. The molecule has 3 N–H and O–H groups in total. The number of carbonyl (C=O) groups is 2. The summed E-state index contributed by atoms with van der Waals surface area (Å²) in [6.07, 6.45) is -0.348. The number of carbonyl (C=O) groups excluding carboxylic acids is 2. The number of rotatable bonds is 7. The molecule has 0 fully saturated rings. The summed E-state index contributed by atoms with van der Waals surface area (Å²) in [5, 5.41) is 10.9. The van der Waals surface area contributed by atoms with Gasteiger partial charge in [-0.2, -0.15) is 0 Å². The van der Waals surface area contributed by atoms with Gasteiger partial charge < -0.3 is 4.90 Å². The Morgan fingerprint density at radius 3 is 2.17 bits per heavy atom. The maximum absolute atomic E-state index is 12.3. The fourth-order valence-corrected chi connectivity index (χ4v) is 3.14. The number of amides is 2. The van der Waals surface area contributed by atoms with E-state index >= 15 is 0 Å². The molecule has 0 spiro atoms. The minimum Gasteiger partial charge on any atom is -0.305 e. The highest BCUT2D eigenvalue weighted by Crippen LogP contribution is 2.23. The summed E-state index contributed by atoms with van der Waals surface area (Å²) >= 11 is 0. The van der Waals surface area contributed by atoms with Crippen molar-refractivity contribution in [3.8, 4) is 0 Å². The summed E-state index contributed by atoms with van der Waals surface area (Å²) in [6, 6.07) is 18.3. The van der Waals surface area contributed by atoms with Gasteiger partial charge in [0.25, 0.3) is 11.8 Å². The van der Waals surface area contributed by atoms with Gasteiger partial charge >= 0.3 is 0 Å². The lowest BCUT2D eigenvalue weighted by atomic mass is 10.0. The van der Waals surface area contributed by atoms with Crippen molar-refractivity contribution < 1.29 is 19.6 Å².